The van der Waals surface area contributed by atoms with E-state index in [1.165, 1.54) is 6.08 Å². The molecule has 1 aliphatic heterocycles. The van der Waals surface area contributed by atoms with Crippen molar-refractivity contribution in [2.45, 2.75) is 27.2 Å². The molecule has 0 radical (unpaired) electrons. The van der Waals surface area contributed by atoms with Gasteiger partial charge in [0.25, 0.3) is 11.8 Å². The van der Waals surface area contributed by atoms with Gasteiger partial charge in [0, 0.05) is 0 Å². The van der Waals surface area contributed by atoms with Crippen LogP contribution in [0.3, 0.4) is 0 Å². The van der Waals surface area contributed by atoms with E-state index in [1.807, 2.05) is 19.9 Å². The van der Waals surface area contributed by atoms with Crippen LogP contribution in [-0.2, 0) is 25.5 Å². The van der Waals surface area contributed by atoms with E-state index in [0.717, 1.165) is 16.0 Å². The molecule has 2 aromatic rings. The van der Waals surface area contributed by atoms with Crippen LogP contribution in [0, 0.1) is 13.8 Å². The number of hydrogen-bond donors (Lipinski definition) is 1. The predicted octanol–water partition coefficient (Wildman–Crippen LogP) is 3.64. The van der Waals surface area contributed by atoms with Crippen molar-refractivity contribution < 1.29 is 28.7 Å². The van der Waals surface area contributed by atoms with Crippen LogP contribution in [0.5, 0.6) is 5.75 Å². The third-order valence-electron chi connectivity index (χ3n) is 4.98. The number of nitrogens with zero attached hydrogens (tertiary/aromatic N) is 1. The standard InChI is InChI=1S/C26H26N2O6/c1-5-7-19-13-18(8-9-22(19)34-15-23(29)33-6-2)14-21-24(30)27-26(32)28(25(21)31)20-11-16(3)10-17(4)12-20/h5,8-14H,1,6-7,15H2,2-4H3,(H,27,30,32)/b21-14+. The number of benzene rings is 2. The Morgan fingerprint density at radius 3 is 2.44 bits per heavy atom. The van der Waals surface area contributed by atoms with E-state index in [-0.39, 0.29) is 18.8 Å². The summed E-state index contributed by atoms with van der Waals surface area (Å²) in [5.41, 5.74) is 3.22. The van der Waals surface area contributed by atoms with E-state index < -0.39 is 23.8 Å². The van der Waals surface area contributed by atoms with Crippen LogP contribution >= 0.6 is 0 Å². The molecular weight excluding hydrogens is 436 g/mol. The maximum absolute atomic E-state index is 13.2. The van der Waals surface area contributed by atoms with Gasteiger partial charge in [0.2, 0.25) is 0 Å². The van der Waals surface area contributed by atoms with Gasteiger partial charge in [-0.1, -0.05) is 18.2 Å². The molecule has 0 aliphatic carbocycles. The highest BCUT2D eigenvalue weighted by Crippen LogP contribution is 2.26. The first-order chi connectivity index (χ1) is 16.2. The molecule has 1 aliphatic rings. The normalized spacial score (nSPS) is 14.7. The van der Waals surface area contributed by atoms with Crippen molar-refractivity contribution in [2.75, 3.05) is 18.1 Å². The molecular formula is C26H26N2O6. The summed E-state index contributed by atoms with van der Waals surface area (Å²) in [4.78, 5) is 50.7. The molecule has 4 amide bonds. The molecule has 1 N–H and O–H groups in total. The number of esters is 1. The van der Waals surface area contributed by atoms with Crippen LogP contribution in [0.4, 0.5) is 10.5 Å². The first-order valence-electron chi connectivity index (χ1n) is 10.8. The van der Waals surface area contributed by atoms with E-state index in [2.05, 4.69) is 11.9 Å². The molecule has 0 spiro atoms. The Kier molecular flexibility index (Phi) is 7.63. The Bertz CT molecular complexity index is 1180. The van der Waals surface area contributed by atoms with E-state index in [4.69, 9.17) is 9.47 Å². The SMILES string of the molecule is C=CCc1cc(/C=C2\C(=O)NC(=O)N(c3cc(C)cc(C)c3)C2=O)ccc1OCC(=O)OCC. The third-order valence-corrected chi connectivity index (χ3v) is 4.98. The van der Waals surface area contributed by atoms with Crippen LogP contribution in [0.1, 0.15) is 29.2 Å². The highest BCUT2D eigenvalue weighted by atomic mass is 16.6. The summed E-state index contributed by atoms with van der Waals surface area (Å²) in [7, 11) is 0. The Morgan fingerprint density at radius 1 is 1.09 bits per heavy atom. The zero-order valence-electron chi connectivity index (χ0n) is 19.3. The Labute approximate surface area is 197 Å². The Balaban J connectivity index is 1.93. The van der Waals surface area contributed by atoms with Gasteiger partial charge in [0.15, 0.2) is 6.61 Å². The van der Waals surface area contributed by atoms with Gasteiger partial charge in [-0.2, -0.15) is 0 Å². The predicted molar refractivity (Wildman–Crippen MR) is 127 cm³/mol. The second-order valence-electron chi connectivity index (χ2n) is 7.76. The van der Waals surface area contributed by atoms with E-state index in [0.29, 0.717) is 29.0 Å². The van der Waals surface area contributed by atoms with E-state index in [1.54, 1.807) is 43.3 Å². The highest BCUT2D eigenvalue weighted by molar-refractivity contribution is 6.39. The molecule has 8 heteroatoms. The van der Waals surface area contributed by atoms with Gasteiger partial charge in [-0.3, -0.25) is 14.9 Å². The minimum absolute atomic E-state index is 0.177. The molecule has 3 rings (SSSR count). The smallest absolute Gasteiger partial charge is 0.344 e. The fraction of sp³-hybridized carbons (Fsp3) is 0.231. The summed E-state index contributed by atoms with van der Waals surface area (Å²) in [6.45, 7) is 9.17. The number of aryl methyl sites for hydroxylation is 2. The fourth-order valence-electron chi connectivity index (χ4n) is 3.62. The fourth-order valence-corrected chi connectivity index (χ4v) is 3.62. The van der Waals surface area contributed by atoms with Gasteiger partial charge < -0.3 is 9.47 Å². The van der Waals surface area contributed by atoms with Crippen molar-refractivity contribution >= 4 is 35.6 Å². The van der Waals surface area contributed by atoms with Crippen LogP contribution in [0.15, 0.2) is 54.6 Å². The van der Waals surface area contributed by atoms with Crippen LogP contribution in [0.25, 0.3) is 6.08 Å². The van der Waals surface area contributed by atoms with Gasteiger partial charge in [0.05, 0.1) is 12.3 Å². The van der Waals surface area contributed by atoms with Crippen molar-refractivity contribution in [1.29, 1.82) is 0 Å². The van der Waals surface area contributed by atoms with Crippen LogP contribution < -0.4 is 15.0 Å². The largest absolute Gasteiger partial charge is 0.482 e. The molecule has 0 saturated carbocycles. The summed E-state index contributed by atoms with van der Waals surface area (Å²) >= 11 is 0. The van der Waals surface area contributed by atoms with Crippen LogP contribution in [0.2, 0.25) is 0 Å². The number of amides is 4. The first-order valence-corrected chi connectivity index (χ1v) is 10.8. The molecule has 2 aromatic carbocycles. The number of barbiturate groups is 1. The number of anilines is 1. The number of allylic oxidation sites excluding steroid dienone is 1. The number of carbonyl (C=O) groups is 4. The Morgan fingerprint density at radius 2 is 1.79 bits per heavy atom. The van der Waals surface area contributed by atoms with Gasteiger partial charge in [-0.15, -0.1) is 6.58 Å². The van der Waals surface area contributed by atoms with E-state index >= 15 is 0 Å². The minimum atomic E-state index is -0.799. The monoisotopic (exact) mass is 462 g/mol. The molecule has 8 nitrogen and oxygen atoms in total. The van der Waals surface area contributed by atoms with Gasteiger partial charge in [-0.25, -0.2) is 14.5 Å². The van der Waals surface area contributed by atoms with Crippen molar-refractivity contribution in [1.82, 2.24) is 5.32 Å². The van der Waals surface area contributed by atoms with Gasteiger partial charge in [0.1, 0.15) is 11.3 Å². The average molecular weight is 463 g/mol. The molecule has 0 aromatic heterocycles. The minimum Gasteiger partial charge on any atom is -0.482 e. The molecule has 0 unspecified atom stereocenters. The van der Waals surface area contributed by atoms with Crippen molar-refractivity contribution in [2.24, 2.45) is 0 Å². The van der Waals surface area contributed by atoms with Crippen molar-refractivity contribution in [3.8, 4) is 5.75 Å². The number of hydrogen-bond acceptors (Lipinski definition) is 6. The maximum Gasteiger partial charge on any atom is 0.344 e. The number of rotatable bonds is 8. The average Bonchev–Trinajstić information content (AvgIpc) is 2.75. The number of nitrogens with one attached hydrogen (secondary N) is 1. The third kappa shape index (κ3) is 5.58. The quantitative estimate of drug-likeness (QED) is 0.278. The molecule has 176 valence electrons. The summed E-state index contributed by atoms with van der Waals surface area (Å²) in [6, 6.07) is 9.55. The topological polar surface area (TPSA) is 102 Å². The summed E-state index contributed by atoms with van der Waals surface area (Å²) in [6.07, 6.45) is 3.52. The molecule has 1 fully saturated rings. The maximum atomic E-state index is 13.2. The number of carbonyl (C=O) groups excluding carboxylic acids is 4. The van der Waals surface area contributed by atoms with Crippen LogP contribution in [-0.4, -0.2) is 37.0 Å². The second-order valence-corrected chi connectivity index (χ2v) is 7.76. The first kappa shape index (κ1) is 24.4. The number of imide groups is 2. The molecule has 1 heterocycles. The van der Waals surface area contributed by atoms with Gasteiger partial charge in [-0.05, 0) is 79.8 Å². The molecule has 1 saturated heterocycles. The van der Waals surface area contributed by atoms with Crippen molar-refractivity contribution in [3.63, 3.8) is 0 Å². The lowest BCUT2D eigenvalue weighted by molar-refractivity contribution is -0.145. The lowest BCUT2D eigenvalue weighted by Gasteiger charge is -2.27. The molecule has 0 bridgehead atoms. The number of ether oxygens (including phenoxy) is 2. The van der Waals surface area contributed by atoms with Gasteiger partial charge >= 0.3 is 12.0 Å². The lowest BCUT2D eigenvalue weighted by atomic mass is 10.0. The summed E-state index contributed by atoms with van der Waals surface area (Å²) in [5, 5.41) is 2.23. The zero-order chi connectivity index (χ0) is 24.8. The highest BCUT2D eigenvalue weighted by Gasteiger charge is 2.37. The van der Waals surface area contributed by atoms with E-state index in [9.17, 15) is 19.2 Å². The summed E-state index contributed by atoms with van der Waals surface area (Å²) in [5.74, 6) is -1.52. The zero-order valence-corrected chi connectivity index (χ0v) is 19.3. The number of urea groups is 1. The second kappa shape index (κ2) is 10.6. The lowest BCUT2D eigenvalue weighted by Crippen LogP contribution is -2.54. The van der Waals surface area contributed by atoms with Crippen molar-refractivity contribution in [3.05, 3.63) is 76.9 Å². The molecule has 0 atom stereocenters. The summed E-state index contributed by atoms with van der Waals surface area (Å²) < 4.78 is 10.4. The Hall–Kier alpha value is -4.20. The molecule has 34 heavy (non-hydrogen) atoms.